The summed E-state index contributed by atoms with van der Waals surface area (Å²) in [6, 6.07) is 4.98. The summed E-state index contributed by atoms with van der Waals surface area (Å²) in [5.74, 6) is -0.462. The van der Waals surface area contributed by atoms with Crippen molar-refractivity contribution in [1.82, 2.24) is 0 Å². The number of nitriles is 1. The van der Waals surface area contributed by atoms with Crippen molar-refractivity contribution in [3.63, 3.8) is 0 Å². The average molecular weight is 289 g/mol. The van der Waals surface area contributed by atoms with E-state index in [9.17, 15) is 4.79 Å². The molecule has 0 unspecified atom stereocenters. The topological polar surface area (TPSA) is 50.1 Å². The molecule has 0 bridgehead atoms. The summed E-state index contributed by atoms with van der Waals surface area (Å²) in [4.78, 5) is 11.4. The van der Waals surface area contributed by atoms with Crippen LogP contribution in [-0.2, 0) is 10.1 Å². The molecule has 0 aliphatic carbocycles. The number of alkyl halides is 1. The summed E-state index contributed by atoms with van der Waals surface area (Å²) < 4.78 is 4.61. The van der Waals surface area contributed by atoms with Crippen LogP contribution < -0.4 is 0 Å². The monoisotopic (exact) mass is 287 g/mol. The van der Waals surface area contributed by atoms with E-state index in [-0.39, 0.29) is 5.02 Å². The first kappa shape index (κ1) is 12.0. The second kappa shape index (κ2) is 5.15. The lowest BCUT2D eigenvalue weighted by Crippen LogP contribution is -2.06. The Morgan fingerprint density at radius 2 is 2.33 bits per heavy atom. The lowest BCUT2D eigenvalue weighted by Gasteiger charge is -2.08. The molecule has 0 amide bonds. The van der Waals surface area contributed by atoms with E-state index in [1.54, 1.807) is 0 Å². The minimum Gasteiger partial charge on any atom is -0.465 e. The number of nitrogens with zero attached hydrogens (tertiary/aromatic N) is 1. The third kappa shape index (κ3) is 2.31. The summed E-state index contributed by atoms with van der Waals surface area (Å²) in [6.07, 6.45) is 0. The van der Waals surface area contributed by atoms with Crippen LogP contribution in [-0.4, -0.2) is 13.1 Å². The standard InChI is InChI=1S/C10H7BrClNO2/c1-15-10(14)7-3-2-6(5-13)9(12)8(7)4-11/h2-3H,4H2,1H3. The number of hydrogen-bond donors (Lipinski definition) is 0. The van der Waals surface area contributed by atoms with E-state index >= 15 is 0 Å². The molecule has 1 aromatic carbocycles. The maximum atomic E-state index is 11.4. The zero-order valence-corrected chi connectivity index (χ0v) is 10.2. The fraction of sp³-hybridized carbons (Fsp3) is 0.200. The summed E-state index contributed by atoms with van der Waals surface area (Å²) in [5, 5.41) is 9.44. The first-order valence-corrected chi connectivity index (χ1v) is 5.51. The number of hydrogen-bond acceptors (Lipinski definition) is 3. The lowest BCUT2D eigenvalue weighted by atomic mass is 10.1. The normalized spacial score (nSPS) is 9.47. The van der Waals surface area contributed by atoms with Crippen LogP contribution in [0.4, 0.5) is 0 Å². The summed E-state index contributed by atoms with van der Waals surface area (Å²) >= 11 is 9.17. The van der Waals surface area contributed by atoms with E-state index in [1.807, 2.05) is 6.07 Å². The van der Waals surface area contributed by atoms with Crippen molar-refractivity contribution >= 4 is 33.5 Å². The van der Waals surface area contributed by atoms with Gasteiger partial charge in [0, 0.05) is 5.33 Å². The third-order valence-electron chi connectivity index (χ3n) is 1.90. The Hall–Kier alpha value is -1.05. The van der Waals surface area contributed by atoms with Crippen LogP contribution in [0, 0.1) is 11.3 Å². The molecule has 0 heterocycles. The Kier molecular flexibility index (Phi) is 4.13. The zero-order valence-electron chi connectivity index (χ0n) is 7.88. The first-order valence-electron chi connectivity index (χ1n) is 4.01. The summed E-state index contributed by atoms with van der Waals surface area (Å²) in [5.41, 5.74) is 1.29. The molecule has 1 aromatic rings. The van der Waals surface area contributed by atoms with Gasteiger partial charge in [0.05, 0.1) is 23.3 Å². The fourth-order valence-corrected chi connectivity index (χ4v) is 2.16. The molecule has 0 aliphatic heterocycles. The molecule has 0 spiro atoms. The molecule has 0 atom stereocenters. The van der Waals surface area contributed by atoms with Crippen LogP contribution >= 0.6 is 27.5 Å². The molecule has 78 valence electrons. The maximum absolute atomic E-state index is 11.4. The molecular formula is C10H7BrClNO2. The molecule has 5 heteroatoms. The van der Waals surface area contributed by atoms with Gasteiger partial charge in [-0.1, -0.05) is 27.5 Å². The number of methoxy groups -OCH3 is 1. The molecule has 0 saturated carbocycles. The van der Waals surface area contributed by atoms with Gasteiger partial charge in [-0.15, -0.1) is 0 Å². The summed E-state index contributed by atoms with van der Waals surface area (Å²) in [7, 11) is 1.30. The van der Waals surface area contributed by atoms with Crippen molar-refractivity contribution in [2.45, 2.75) is 5.33 Å². The third-order valence-corrected chi connectivity index (χ3v) is 2.90. The van der Waals surface area contributed by atoms with Crippen LogP contribution in [0.25, 0.3) is 0 Å². The van der Waals surface area contributed by atoms with Crippen LogP contribution in [0.2, 0.25) is 5.02 Å². The molecule has 0 aliphatic rings. The highest BCUT2D eigenvalue weighted by atomic mass is 79.9. The Morgan fingerprint density at radius 3 is 2.80 bits per heavy atom. The van der Waals surface area contributed by atoms with Crippen molar-refractivity contribution in [1.29, 1.82) is 5.26 Å². The molecule has 0 aromatic heterocycles. The molecule has 0 fully saturated rings. The zero-order chi connectivity index (χ0) is 11.4. The number of ether oxygens (including phenoxy) is 1. The van der Waals surface area contributed by atoms with Crippen molar-refractivity contribution in [2.75, 3.05) is 7.11 Å². The first-order chi connectivity index (χ1) is 7.15. The SMILES string of the molecule is COC(=O)c1ccc(C#N)c(Cl)c1CBr. The van der Waals surface area contributed by atoms with E-state index < -0.39 is 5.97 Å². The molecule has 0 radical (unpaired) electrons. The minimum absolute atomic E-state index is 0.289. The Morgan fingerprint density at radius 1 is 1.67 bits per heavy atom. The largest absolute Gasteiger partial charge is 0.465 e. The Bertz CT molecular complexity index is 440. The number of carbonyl (C=O) groups excluding carboxylic acids is 1. The van der Waals surface area contributed by atoms with Gasteiger partial charge in [0.15, 0.2) is 0 Å². The molecule has 0 saturated heterocycles. The van der Waals surface area contributed by atoms with Crippen LogP contribution in [0.5, 0.6) is 0 Å². The fourth-order valence-electron chi connectivity index (χ4n) is 1.14. The van der Waals surface area contributed by atoms with Crippen LogP contribution in [0.15, 0.2) is 12.1 Å². The van der Waals surface area contributed by atoms with Gasteiger partial charge >= 0.3 is 5.97 Å². The highest BCUT2D eigenvalue weighted by Crippen LogP contribution is 2.26. The lowest BCUT2D eigenvalue weighted by molar-refractivity contribution is 0.0600. The molecule has 0 N–H and O–H groups in total. The van der Waals surface area contributed by atoms with Crippen molar-refractivity contribution in [2.24, 2.45) is 0 Å². The van der Waals surface area contributed by atoms with Gasteiger partial charge in [-0.2, -0.15) is 5.26 Å². The highest BCUT2D eigenvalue weighted by molar-refractivity contribution is 9.08. The van der Waals surface area contributed by atoms with E-state index in [0.29, 0.717) is 22.0 Å². The van der Waals surface area contributed by atoms with Crippen molar-refractivity contribution in [3.05, 3.63) is 33.8 Å². The van der Waals surface area contributed by atoms with Gasteiger partial charge in [0.2, 0.25) is 0 Å². The number of halogens is 2. The van der Waals surface area contributed by atoms with Crippen molar-refractivity contribution < 1.29 is 9.53 Å². The predicted molar refractivity (Wildman–Crippen MR) is 60.1 cm³/mol. The highest BCUT2D eigenvalue weighted by Gasteiger charge is 2.16. The average Bonchev–Trinajstić information content (AvgIpc) is 2.27. The minimum atomic E-state index is -0.462. The van der Waals surface area contributed by atoms with Gasteiger partial charge < -0.3 is 4.74 Å². The smallest absolute Gasteiger partial charge is 0.338 e. The molecule has 15 heavy (non-hydrogen) atoms. The predicted octanol–water partition coefficient (Wildman–Crippen LogP) is 2.89. The van der Waals surface area contributed by atoms with Crippen molar-refractivity contribution in [3.8, 4) is 6.07 Å². The Labute approximate surface area is 101 Å². The number of carbonyl (C=O) groups is 1. The Balaban J connectivity index is 3.39. The van der Waals surface area contributed by atoms with Gasteiger partial charge in [-0.25, -0.2) is 4.79 Å². The van der Waals surface area contributed by atoms with E-state index in [1.165, 1.54) is 19.2 Å². The van der Waals surface area contributed by atoms with Gasteiger partial charge in [-0.3, -0.25) is 0 Å². The van der Waals surface area contributed by atoms with E-state index in [4.69, 9.17) is 16.9 Å². The van der Waals surface area contributed by atoms with E-state index in [2.05, 4.69) is 20.7 Å². The second-order valence-corrected chi connectivity index (χ2v) is 3.63. The van der Waals surface area contributed by atoms with Crippen LogP contribution in [0.3, 0.4) is 0 Å². The van der Waals surface area contributed by atoms with E-state index in [0.717, 1.165) is 0 Å². The molecular weight excluding hydrogens is 281 g/mol. The second-order valence-electron chi connectivity index (χ2n) is 2.69. The van der Waals surface area contributed by atoms with Gasteiger partial charge in [-0.05, 0) is 17.7 Å². The quantitative estimate of drug-likeness (QED) is 0.621. The number of rotatable bonds is 2. The number of esters is 1. The summed E-state index contributed by atoms with van der Waals surface area (Å²) in [6.45, 7) is 0. The number of benzene rings is 1. The van der Waals surface area contributed by atoms with Gasteiger partial charge in [0.25, 0.3) is 0 Å². The van der Waals surface area contributed by atoms with Crippen LogP contribution in [0.1, 0.15) is 21.5 Å². The van der Waals surface area contributed by atoms with Gasteiger partial charge in [0.1, 0.15) is 6.07 Å². The molecule has 1 rings (SSSR count). The molecule has 3 nitrogen and oxygen atoms in total. The maximum Gasteiger partial charge on any atom is 0.338 e.